The van der Waals surface area contributed by atoms with E-state index in [0.29, 0.717) is 5.92 Å². The van der Waals surface area contributed by atoms with Crippen LogP contribution < -0.4 is 0 Å². The lowest BCUT2D eigenvalue weighted by Gasteiger charge is -2.47. The van der Waals surface area contributed by atoms with E-state index >= 15 is 0 Å². The van der Waals surface area contributed by atoms with Gasteiger partial charge in [0.2, 0.25) is 0 Å². The van der Waals surface area contributed by atoms with Gasteiger partial charge in [0, 0.05) is 12.4 Å². The van der Waals surface area contributed by atoms with Gasteiger partial charge in [-0.15, -0.1) is 0 Å². The number of hydroxylamine groups is 2. The first kappa shape index (κ1) is 19.4. The van der Waals surface area contributed by atoms with Crippen molar-refractivity contribution in [3.8, 4) is 0 Å². The predicted molar refractivity (Wildman–Crippen MR) is 119 cm³/mol. The Balaban J connectivity index is 1.46. The number of aromatic nitrogens is 3. The molecule has 3 aliphatic heterocycles. The van der Waals surface area contributed by atoms with Crippen LogP contribution in [0.5, 0.6) is 0 Å². The fraction of sp³-hybridized carbons (Fsp3) is 0.520. The van der Waals surface area contributed by atoms with Crippen LogP contribution in [0.2, 0.25) is 0 Å². The molecule has 0 radical (unpaired) electrons. The Morgan fingerprint density at radius 1 is 0.968 bits per heavy atom. The van der Waals surface area contributed by atoms with Gasteiger partial charge in [-0.1, -0.05) is 12.1 Å². The van der Waals surface area contributed by atoms with Crippen molar-refractivity contribution in [2.45, 2.75) is 57.2 Å². The van der Waals surface area contributed by atoms with Gasteiger partial charge in [0.25, 0.3) is 0 Å². The highest BCUT2D eigenvalue weighted by Gasteiger charge is 2.46. The number of aryl methyl sites for hydroxylation is 1. The monoisotopic (exact) mass is 417 g/mol. The van der Waals surface area contributed by atoms with Crippen molar-refractivity contribution in [1.82, 2.24) is 24.3 Å². The summed E-state index contributed by atoms with van der Waals surface area (Å²) in [5.74, 6) is 0.503. The summed E-state index contributed by atoms with van der Waals surface area (Å²) in [5.41, 5.74) is 5.94. The van der Waals surface area contributed by atoms with E-state index in [1.165, 1.54) is 17.0 Å². The normalized spacial score (nSPS) is 27.9. The van der Waals surface area contributed by atoms with Gasteiger partial charge in [0.05, 0.1) is 29.2 Å². The molecule has 3 aromatic heterocycles. The minimum Gasteiger partial charge on any atom is -0.306 e. The third kappa shape index (κ3) is 3.20. The Morgan fingerprint density at radius 2 is 1.77 bits per heavy atom. The first-order chi connectivity index (χ1) is 15.2. The molecule has 0 unspecified atom stereocenters. The van der Waals surface area contributed by atoms with Gasteiger partial charge in [0.15, 0.2) is 0 Å². The first-order valence-corrected chi connectivity index (χ1v) is 11.7. The van der Waals surface area contributed by atoms with E-state index in [1.807, 2.05) is 12.3 Å². The minimum atomic E-state index is 0.0435. The number of nitrogens with zero attached hydrogens (tertiary/aromatic N) is 5. The van der Waals surface area contributed by atoms with E-state index in [4.69, 9.17) is 14.8 Å². The standard InChI is InChI=1S/C25H31N5O/c1-17-7-6-13-26-22(17)19-8-5-9-20-23-24(29-14-4-3-10-21(29)27-23)25(31-30(19)20)18-11-15-28(2)16-12-18/h3-4,6-7,10,13-14,18-20,25H,5,8-9,11-12,15-16H2,1-2H3/t19-,20+,25+/m0/s1. The third-order valence-corrected chi connectivity index (χ3v) is 7.54. The van der Waals surface area contributed by atoms with Crippen molar-refractivity contribution < 1.29 is 4.84 Å². The topological polar surface area (TPSA) is 45.9 Å². The molecule has 0 aromatic carbocycles. The molecule has 31 heavy (non-hydrogen) atoms. The lowest BCUT2D eigenvalue weighted by Crippen LogP contribution is -2.45. The Labute approximate surface area is 183 Å². The van der Waals surface area contributed by atoms with Crippen LogP contribution in [0.1, 0.15) is 72.9 Å². The number of fused-ring (bicyclic) bond motifs is 5. The molecule has 0 N–H and O–H groups in total. The number of rotatable bonds is 2. The molecule has 0 aliphatic carbocycles. The van der Waals surface area contributed by atoms with Crippen LogP contribution in [0.15, 0.2) is 42.7 Å². The van der Waals surface area contributed by atoms with Crippen molar-refractivity contribution in [3.63, 3.8) is 0 Å². The smallest absolute Gasteiger partial charge is 0.137 e. The van der Waals surface area contributed by atoms with E-state index in [2.05, 4.69) is 58.8 Å². The zero-order valence-corrected chi connectivity index (χ0v) is 18.4. The number of pyridine rings is 2. The van der Waals surface area contributed by atoms with Gasteiger partial charge >= 0.3 is 0 Å². The van der Waals surface area contributed by atoms with Crippen molar-refractivity contribution in [1.29, 1.82) is 0 Å². The second kappa shape index (κ2) is 7.69. The van der Waals surface area contributed by atoms with Crippen molar-refractivity contribution in [3.05, 3.63) is 65.4 Å². The summed E-state index contributed by atoms with van der Waals surface area (Å²) in [4.78, 5) is 19.4. The molecule has 0 saturated carbocycles. The van der Waals surface area contributed by atoms with Crippen LogP contribution in [0, 0.1) is 12.8 Å². The average Bonchev–Trinajstić information content (AvgIpc) is 3.19. The van der Waals surface area contributed by atoms with E-state index in [0.717, 1.165) is 56.5 Å². The molecule has 2 fully saturated rings. The highest BCUT2D eigenvalue weighted by molar-refractivity contribution is 5.45. The number of piperidine rings is 2. The Bertz CT molecular complexity index is 1090. The van der Waals surface area contributed by atoms with Crippen LogP contribution in [0.3, 0.4) is 0 Å². The van der Waals surface area contributed by atoms with Crippen LogP contribution >= 0.6 is 0 Å². The lowest BCUT2D eigenvalue weighted by molar-refractivity contribution is -0.289. The van der Waals surface area contributed by atoms with Gasteiger partial charge < -0.3 is 9.30 Å². The summed E-state index contributed by atoms with van der Waals surface area (Å²) in [5, 5.41) is 2.29. The average molecular weight is 418 g/mol. The second-order valence-corrected chi connectivity index (χ2v) is 9.51. The largest absolute Gasteiger partial charge is 0.306 e. The molecule has 6 nitrogen and oxygen atoms in total. The summed E-state index contributed by atoms with van der Waals surface area (Å²) < 4.78 is 2.28. The van der Waals surface area contributed by atoms with Gasteiger partial charge in [-0.2, -0.15) is 5.06 Å². The summed E-state index contributed by atoms with van der Waals surface area (Å²) >= 11 is 0. The predicted octanol–water partition coefficient (Wildman–Crippen LogP) is 4.63. The summed E-state index contributed by atoms with van der Waals surface area (Å²) in [7, 11) is 2.22. The minimum absolute atomic E-state index is 0.0435. The zero-order chi connectivity index (χ0) is 20.9. The van der Waals surface area contributed by atoms with Crippen LogP contribution in [0.25, 0.3) is 5.65 Å². The summed E-state index contributed by atoms with van der Waals surface area (Å²) in [6.45, 7) is 4.42. The molecule has 162 valence electrons. The van der Waals surface area contributed by atoms with Gasteiger partial charge in [-0.05, 0) is 88.8 Å². The molecule has 2 saturated heterocycles. The molecule has 6 heteroatoms. The molecule has 0 bridgehead atoms. The zero-order valence-electron chi connectivity index (χ0n) is 18.4. The number of imidazole rings is 1. The maximum absolute atomic E-state index is 6.99. The van der Waals surface area contributed by atoms with Gasteiger partial charge in [0.1, 0.15) is 11.8 Å². The third-order valence-electron chi connectivity index (χ3n) is 7.54. The quantitative estimate of drug-likeness (QED) is 0.608. The van der Waals surface area contributed by atoms with Gasteiger partial charge in [-0.25, -0.2) is 4.98 Å². The number of likely N-dealkylation sites (tertiary alicyclic amines) is 1. The molecule has 0 spiro atoms. The van der Waals surface area contributed by atoms with Crippen LogP contribution in [0.4, 0.5) is 0 Å². The highest BCUT2D eigenvalue weighted by atomic mass is 16.7. The molecular formula is C25H31N5O. The molecular weight excluding hydrogens is 386 g/mol. The fourth-order valence-corrected chi connectivity index (χ4v) is 5.87. The molecule has 6 rings (SSSR count). The van der Waals surface area contributed by atoms with E-state index in [1.54, 1.807) is 0 Å². The molecule has 6 heterocycles. The van der Waals surface area contributed by atoms with Crippen LogP contribution in [-0.4, -0.2) is 44.5 Å². The van der Waals surface area contributed by atoms with E-state index < -0.39 is 0 Å². The molecule has 3 atom stereocenters. The lowest BCUT2D eigenvalue weighted by atomic mass is 9.85. The highest BCUT2D eigenvalue weighted by Crippen LogP contribution is 2.51. The summed E-state index contributed by atoms with van der Waals surface area (Å²) in [6, 6.07) is 10.9. The van der Waals surface area contributed by atoms with Crippen LogP contribution in [-0.2, 0) is 4.84 Å². The maximum atomic E-state index is 6.99. The van der Waals surface area contributed by atoms with Crippen molar-refractivity contribution in [2.75, 3.05) is 20.1 Å². The second-order valence-electron chi connectivity index (χ2n) is 9.51. The van der Waals surface area contributed by atoms with E-state index in [9.17, 15) is 0 Å². The number of hydrogen-bond donors (Lipinski definition) is 0. The maximum Gasteiger partial charge on any atom is 0.137 e. The summed E-state index contributed by atoms with van der Waals surface area (Å²) in [6.07, 6.45) is 9.76. The Morgan fingerprint density at radius 3 is 2.58 bits per heavy atom. The molecule has 3 aromatic rings. The van der Waals surface area contributed by atoms with Gasteiger partial charge in [-0.3, -0.25) is 9.82 Å². The Kier molecular flexibility index (Phi) is 4.82. The van der Waals surface area contributed by atoms with Crippen molar-refractivity contribution in [2.24, 2.45) is 5.92 Å². The molecule has 0 amide bonds. The number of hydrogen-bond acceptors (Lipinski definition) is 5. The SMILES string of the molecule is Cc1cccnc1[C@@H]1CCC[C@@H]2c3nc4ccccn4c3[C@@H](C3CCN(C)CC3)ON21. The molecule has 3 aliphatic rings. The fourth-order valence-electron chi connectivity index (χ4n) is 5.87. The van der Waals surface area contributed by atoms with E-state index in [-0.39, 0.29) is 18.2 Å². The first-order valence-electron chi connectivity index (χ1n) is 11.7. The van der Waals surface area contributed by atoms with Crippen molar-refractivity contribution >= 4 is 5.65 Å². The Hall–Kier alpha value is -2.28.